The van der Waals surface area contributed by atoms with Crippen LogP contribution >= 0.6 is 11.8 Å². The molecule has 140 valence electrons. The van der Waals surface area contributed by atoms with E-state index in [-0.39, 0.29) is 17.2 Å². The molecule has 1 amide bonds. The summed E-state index contributed by atoms with van der Waals surface area (Å²) < 4.78 is 7.36. The number of thioether (sulfide) groups is 1. The fraction of sp³-hybridized carbons (Fsp3) is 0.526. The van der Waals surface area contributed by atoms with Crippen molar-refractivity contribution < 1.29 is 9.21 Å². The Morgan fingerprint density at radius 1 is 1.50 bits per heavy atom. The van der Waals surface area contributed by atoms with Gasteiger partial charge in [-0.2, -0.15) is 0 Å². The van der Waals surface area contributed by atoms with Crippen molar-refractivity contribution in [3.8, 4) is 11.6 Å². The Balaban J connectivity index is 1.69. The Labute approximate surface area is 158 Å². The quantitative estimate of drug-likeness (QED) is 0.588. The fourth-order valence-electron chi connectivity index (χ4n) is 3.30. The number of nitrogens with one attached hydrogen (secondary N) is 1. The molecule has 2 aromatic heterocycles. The van der Waals surface area contributed by atoms with Crippen LogP contribution in [-0.2, 0) is 11.3 Å². The minimum Gasteiger partial charge on any atom is -0.461 e. The number of carbonyl (C=O) groups is 1. The maximum absolute atomic E-state index is 12.6. The van der Waals surface area contributed by atoms with E-state index in [0.717, 1.165) is 6.42 Å². The van der Waals surface area contributed by atoms with E-state index in [4.69, 9.17) is 4.42 Å². The van der Waals surface area contributed by atoms with Crippen LogP contribution in [0.2, 0.25) is 0 Å². The second-order valence-corrected chi connectivity index (χ2v) is 8.13. The van der Waals surface area contributed by atoms with Gasteiger partial charge in [0.2, 0.25) is 11.7 Å². The van der Waals surface area contributed by atoms with Crippen molar-refractivity contribution in [1.29, 1.82) is 0 Å². The summed E-state index contributed by atoms with van der Waals surface area (Å²) in [6.45, 7) is 8.49. The molecular formula is C19H26N4O2S. The smallest absolute Gasteiger partial charge is 0.233 e. The lowest BCUT2D eigenvalue weighted by molar-refractivity contribution is -0.121. The SMILES string of the molecule is C=CCn1c(SC(C)C(=O)NC2CCCCC2C)nnc1-c1ccco1. The summed E-state index contributed by atoms with van der Waals surface area (Å²) in [4.78, 5) is 12.6. The molecule has 3 atom stereocenters. The van der Waals surface area contributed by atoms with Crippen LogP contribution in [0.4, 0.5) is 0 Å². The zero-order valence-corrected chi connectivity index (χ0v) is 16.2. The molecule has 0 aromatic carbocycles. The van der Waals surface area contributed by atoms with Crippen molar-refractivity contribution in [3.05, 3.63) is 31.1 Å². The van der Waals surface area contributed by atoms with E-state index in [1.54, 1.807) is 12.3 Å². The molecule has 1 aliphatic carbocycles. The molecule has 1 saturated carbocycles. The predicted molar refractivity (Wildman–Crippen MR) is 103 cm³/mol. The highest BCUT2D eigenvalue weighted by Crippen LogP contribution is 2.28. The van der Waals surface area contributed by atoms with Crippen LogP contribution in [0.1, 0.15) is 39.5 Å². The van der Waals surface area contributed by atoms with Gasteiger partial charge in [0.1, 0.15) is 0 Å². The fourth-order valence-corrected chi connectivity index (χ4v) is 4.17. The third-order valence-corrected chi connectivity index (χ3v) is 5.94. The molecule has 1 N–H and O–H groups in total. The summed E-state index contributed by atoms with van der Waals surface area (Å²) in [7, 11) is 0. The molecule has 7 heteroatoms. The maximum Gasteiger partial charge on any atom is 0.233 e. The van der Waals surface area contributed by atoms with Crippen molar-refractivity contribution in [1.82, 2.24) is 20.1 Å². The van der Waals surface area contributed by atoms with E-state index in [1.807, 2.05) is 23.6 Å². The molecule has 6 nitrogen and oxygen atoms in total. The average Bonchev–Trinajstić information content (AvgIpc) is 3.28. The summed E-state index contributed by atoms with van der Waals surface area (Å²) in [5.41, 5.74) is 0. The van der Waals surface area contributed by atoms with Gasteiger partial charge in [0.15, 0.2) is 10.9 Å². The summed E-state index contributed by atoms with van der Waals surface area (Å²) in [6.07, 6.45) is 8.10. The Bertz CT molecular complexity index is 741. The topological polar surface area (TPSA) is 73.0 Å². The minimum atomic E-state index is -0.249. The van der Waals surface area contributed by atoms with Gasteiger partial charge < -0.3 is 9.73 Å². The summed E-state index contributed by atoms with van der Waals surface area (Å²) >= 11 is 1.41. The predicted octanol–water partition coefficient (Wildman–Crippen LogP) is 3.90. The third kappa shape index (κ3) is 4.20. The number of furan rings is 1. The number of hydrogen-bond acceptors (Lipinski definition) is 5. The van der Waals surface area contributed by atoms with Gasteiger partial charge in [0.05, 0.1) is 11.5 Å². The lowest BCUT2D eigenvalue weighted by Crippen LogP contribution is -2.44. The first-order valence-corrected chi connectivity index (χ1v) is 10.0. The second kappa shape index (κ2) is 8.58. The number of rotatable bonds is 7. The third-order valence-electron chi connectivity index (χ3n) is 4.86. The first-order valence-electron chi connectivity index (χ1n) is 9.15. The first kappa shape index (κ1) is 18.8. The van der Waals surface area contributed by atoms with Crippen LogP contribution in [0.5, 0.6) is 0 Å². The van der Waals surface area contributed by atoms with E-state index in [9.17, 15) is 4.79 Å². The van der Waals surface area contributed by atoms with Gasteiger partial charge in [0, 0.05) is 12.6 Å². The van der Waals surface area contributed by atoms with E-state index in [1.165, 1.54) is 31.0 Å². The van der Waals surface area contributed by atoms with Gasteiger partial charge in [0.25, 0.3) is 0 Å². The molecular weight excluding hydrogens is 348 g/mol. The van der Waals surface area contributed by atoms with Crippen LogP contribution in [0.25, 0.3) is 11.6 Å². The zero-order valence-electron chi connectivity index (χ0n) is 15.4. The van der Waals surface area contributed by atoms with Crippen LogP contribution in [-0.4, -0.2) is 32.0 Å². The minimum absolute atomic E-state index is 0.0569. The highest BCUT2D eigenvalue weighted by molar-refractivity contribution is 8.00. The summed E-state index contributed by atoms with van der Waals surface area (Å²) in [5, 5.41) is 12.2. The molecule has 0 saturated heterocycles. The number of carbonyl (C=O) groups excluding carboxylic acids is 1. The van der Waals surface area contributed by atoms with Crippen molar-refractivity contribution in [3.63, 3.8) is 0 Å². The Morgan fingerprint density at radius 2 is 2.31 bits per heavy atom. The van der Waals surface area contributed by atoms with E-state index in [0.29, 0.717) is 29.2 Å². The average molecular weight is 375 g/mol. The molecule has 3 rings (SSSR count). The summed E-state index contributed by atoms with van der Waals surface area (Å²) in [5.74, 6) is 1.89. The van der Waals surface area contributed by atoms with Crippen molar-refractivity contribution in [2.75, 3.05) is 0 Å². The van der Waals surface area contributed by atoms with Crippen LogP contribution < -0.4 is 5.32 Å². The van der Waals surface area contributed by atoms with E-state index >= 15 is 0 Å². The lowest BCUT2D eigenvalue weighted by Gasteiger charge is -2.30. The van der Waals surface area contributed by atoms with Gasteiger partial charge in [-0.1, -0.05) is 37.6 Å². The molecule has 26 heavy (non-hydrogen) atoms. The Kier molecular flexibility index (Phi) is 6.19. The van der Waals surface area contributed by atoms with Crippen LogP contribution in [0, 0.1) is 5.92 Å². The zero-order chi connectivity index (χ0) is 18.5. The van der Waals surface area contributed by atoms with Crippen LogP contribution in [0.3, 0.4) is 0 Å². The molecule has 0 bridgehead atoms. The molecule has 0 radical (unpaired) electrons. The number of nitrogens with zero attached hydrogens (tertiary/aromatic N) is 3. The number of allylic oxidation sites excluding steroid dienone is 1. The highest BCUT2D eigenvalue weighted by Gasteiger charge is 2.26. The van der Waals surface area contributed by atoms with Crippen molar-refractivity contribution in [2.45, 2.75) is 62.5 Å². The normalized spacial score (nSPS) is 21.3. The van der Waals surface area contributed by atoms with Gasteiger partial charge in [-0.05, 0) is 37.8 Å². The number of amides is 1. The van der Waals surface area contributed by atoms with Gasteiger partial charge >= 0.3 is 0 Å². The standard InChI is InChI=1S/C19H26N4O2S/c1-4-11-23-17(16-10-7-12-25-16)21-22-19(23)26-14(3)18(24)20-15-9-6-5-8-13(15)2/h4,7,10,12-15H,1,5-6,8-9,11H2,2-3H3,(H,20,24). The molecule has 3 unspecified atom stereocenters. The lowest BCUT2D eigenvalue weighted by atomic mass is 9.86. The largest absolute Gasteiger partial charge is 0.461 e. The Hall–Kier alpha value is -2.02. The summed E-state index contributed by atoms with van der Waals surface area (Å²) in [6, 6.07) is 3.94. The van der Waals surface area contributed by atoms with Crippen molar-refractivity contribution in [2.24, 2.45) is 5.92 Å². The Morgan fingerprint density at radius 3 is 3.00 bits per heavy atom. The maximum atomic E-state index is 12.6. The van der Waals surface area contributed by atoms with Gasteiger partial charge in [-0.3, -0.25) is 9.36 Å². The van der Waals surface area contributed by atoms with E-state index < -0.39 is 0 Å². The van der Waals surface area contributed by atoms with Gasteiger partial charge in [-0.15, -0.1) is 16.8 Å². The molecule has 0 spiro atoms. The number of aromatic nitrogens is 3. The second-order valence-electron chi connectivity index (χ2n) is 6.82. The molecule has 2 aromatic rings. The van der Waals surface area contributed by atoms with Gasteiger partial charge in [-0.25, -0.2) is 0 Å². The van der Waals surface area contributed by atoms with Crippen molar-refractivity contribution >= 4 is 17.7 Å². The number of hydrogen-bond donors (Lipinski definition) is 1. The van der Waals surface area contributed by atoms with E-state index in [2.05, 4.69) is 29.0 Å². The molecule has 1 aliphatic rings. The van der Waals surface area contributed by atoms with Crippen LogP contribution in [0.15, 0.2) is 40.6 Å². The monoisotopic (exact) mass is 374 g/mol. The first-order chi connectivity index (χ1) is 12.6. The molecule has 0 aliphatic heterocycles. The molecule has 2 heterocycles. The highest BCUT2D eigenvalue weighted by atomic mass is 32.2. The molecule has 1 fully saturated rings.